The molecule has 0 unspecified atom stereocenters. The molecule has 1 heterocycles. The number of carbonyl (C=O) groups excluding carboxylic acids is 1. The van der Waals surface area contributed by atoms with Crippen LogP contribution in [-0.4, -0.2) is 23.7 Å². The fraction of sp³-hybridized carbons (Fsp3) is 0.900. The van der Waals surface area contributed by atoms with Crippen molar-refractivity contribution < 1.29 is 9.53 Å². The van der Waals surface area contributed by atoms with Crippen LogP contribution in [0.15, 0.2) is 0 Å². The molecule has 1 N–H and O–H groups in total. The normalized spacial score (nSPS) is 26.9. The second kappa shape index (κ2) is 4.49. The molecule has 3 nitrogen and oxygen atoms in total. The number of rotatable bonds is 1. The Hall–Kier alpha value is -0.280. The Morgan fingerprint density at radius 2 is 2.00 bits per heavy atom. The first kappa shape index (κ1) is 13.7. The highest BCUT2D eigenvalue weighted by atomic mass is 35.5. The third-order valence-corrected chi connectivity index (χ3v) is 2.22. The first-order valence-corrected chi connectivity index (χ1v) is 4.82. The van der Waals surface area contributed by atoms with Gasteiger partial charge in [0.25, 0.3) is 0 Å². The SMILES string of the molecule is CC(C)(C)OC(=O)[C@@]1(C)CCCN1.Cl. The lowest BCUT2D eigenvalue weighted by Gasteiger charge is -2.28. The zero-order chi connectivity index (χ0) is 10.1. The Morgan fingerprint density at radius 1 is 1.43 bits per heavy atom. The molecule has 0 spiro atoms. The Balaban J connectivity index is 0.00000169. The maximum absolute atomic E-state index is 11.7. The molecule has 1 rings (SSSR count). The van der Waals surface area contributed by atoms with Crippen LogP contribution in [0.2, 0.25) is 0 Å². The summed E-state index contributed by atoms with van der Waals surface area (Å²) >= 11 is 0. The first-order valence-electron chi connectivity index (χ1n) is 4.82. The smallest absolute Gasteiger partial charge is 0.326 e. The molecule has 0 aliphatic carbocycles. The van der Waals surface area contributed by atoms with Crippen LogP contribution >= 0.6 is 12.4 Å². The van der Waals surface area contributed by atoms with Crippen molar-refractivity contribution in [2.75, 3.05) is 6.54 Å². The minimum Gasteiger partial charge on any atom is -0.459 e. The van der Waals surface area contributed by atoms with Gasteiger partial charge in [0, 0.05) is 0 Å². The van der Waals surface area contributed by atoms with Gasteiger partial charge in [0.1, 0.15) is 11.1 Å². The molecule has 1 aliphatic rings. The van der Waals surface area contributed by atoms with Gasteiger partial charge in [-0.05, 0) is 47.1 Å². The molecule has 0 saturated carbocycles. The van der Waals surface area contributed by atoms with Gasteiger partial charge >= 0.3 is 5.97 Å². The molecule has 84 valence electrons. The summed E-state index contributed by atoms with van der Waals surface area (Å²) in [5, 5.41) is 3.18. The molecule has 0 aromatic rings. The Kier molecular flexibility index (Phi) is 4.40. The van der Waals surface area contributed by atoms with Gasteiger partial charge in [-0.2, -0.15) is 0 Å². The fourth-order valence-corrected chi connectivity index (χ4v) is 1.46. The molecule has 14 heavy (non-hydrogen) atoms. The van der Waals surface area contributed by atoms with Crippen LogP contribution in [0, 0.1) is 0 Å². The number of carbonyl (C=O) groups is 1. The lowest BCUT2D eigenvalue weighted by molar-refractivity contribution is -0.161. The predicted molar refractivity (Wildman–Crippen MR) is 58.7 cm³/mol. The second-order valence-electron chi connectivity index (χ2n) is 4.86. The van der Waals surface area contributed by atoms with Gasteiger partial charge in [0.2, 0.25) is 0 Å². The van der Waals surface area contributed by atoms with Gasteiger partial charge in [-0.15, -0.1) is 12.4 Å². The first-order chi connectivity index (χ1) is 5.83. The quantitative estimate of drug-likeness (QED) is 0.688. The summed E-state index contributed by atoms with van der Waals surface area (Å²) < 4.78 is 5.32. The summed E-state index contributed by atoms with van der Waals surface area (Å²) in [6.07, 6.45) is 1.93. The van der Waals surface area contributed by atoms with Crippen LogP contribution in [0.25, 0.3) is 0 Å². The van der Waals surface area contributed by atoms with E-state index in [0.29, 0.717) is 0 Å². The summed E-state index contributed by atoms with van der Waals surface area (Å²) in [5.74, 6) is -0.127. The van der Waals surface area contributed by atoms with Crippen molar-refractivity contribution >= 4 is 18.4 Å². The Bertz CT molecular complexity index is 205. The topological polar surface area (TPSA) is 38.3 Å². The van der Waals surface area contributed by atoms with E-state index in [2.05, 4.69) is 5.32 Å². The number of nitrogens with one attached hydrogen (secondary N) is 1. The third-order valence-electron chi connectivity index (χ3n) is 2.22. The average molecular weight is 222 g/mol. The summed E-state index contributed by atoms with van der Waals surface area (Å²) in [6, 6.07) is 0. The lowest BCUT2D eigenvalue weighted by Crippen LogP contribution is -2.48. The average Bonchev–Trinajstić information content (AvgIpc) is 2.33. The Labute approximate surface area is 92.0 Å². The number of esters is 1. The molecular formula is C10H20ClNO2. The summed E-state index contributed by atoms with van der Waals surface area (Å²) in [5.41, 5.74) is -0.836. The van der Waals surface area contributed by atoms with E-state index >= 15 is 0 Å². The van der Waals surface area contributed by atoms with Gasteiger partial charge in [0.15, 0.2) is 0 Å². The minimum atomic E-state index is -0.451. The van der Waals surface area contributed by atoms with E-state index in [1.807, 2.05) is 27.7 Å². The second-order valence-corrected chi connectivity index (χ2v) is 4.86. The van der Waals surface area contributed by atoms with Crippen molar-refractivity contribution in [3.05, 3.63) is 0 Å². The van der Waals surface area contributed by atoms with Gasteiger partial charge in [0.05, 0.1) is 0 Å². The van der Waals surface area contributed by atoms with E-state index in [1.165, 1.54) is 0 Å². The lowest BCUT2D eigenvalue weighted by atomic mass is 10.0. The van der Waals surface area contributed by atoms with Crippen molar-refractivity contribution in [1.82, 2.24) is 5.32 Å². The molecule has 0 radical (unpaired) electrons. The van der Waals surface area contributed by atoms with E-state index in [1.54, 1.807) is 0 Å². The monoisotopic (exact) mass is 221 g/mol. The van der Waals surface area contributed by atoms with Crippen molar-refractivity contribution in [1.29, 1.82) is 0 Å². The van der Waals surface area contributed by atoms with Crippen molar-refractivity contribution in [2.45, 2.75) is 51.7 Å². The molecule has 1 saturated heterocycles. The highest BCUT2D eigenvalue weighted by Crippen LogP contribution is 2.22. The van der Waals surface area contributed by atoms with E-state index < -0.39 is 5.54 Å². The Morgan fingerprint density at radius 3 is 2.36 bits per heavy atom. The minimum absolute atomic E-state index is 0. The largest absolute Gasteiger partial charge is 0.459 e. The van der Waals surface area contributed by atoms with Gasteiger partial charge < -0.3 is 10.1 Å². The molecule has 1 aliphatic heterocycles. The molecule has 0 aromatic carbocycles. The zero-order valence-electron chi connectivity index (χ0n) is 9.35. The number of hydrogen-bond donors (Lipinski definition) is 1. The van der Waals surface area contributed by atoms with Crippen LogP contribution in [0.4, 0.5) is 0 Å². The van der Waals surface area contributed by atoms with Crippen LogP contribution in [0.1, 0.15) is 40.5 Å². The number of halogens is 1. The maximum Gasteiger partial charge on any atom is 0.326 e. The summed E-state index contributed by atoms with van der Waals surface area (Å²) in [7, 11) is 0. The molecule has 0 bridgehead atoms. The van der Waals surface area contributed by atoms with Gasteiger partial charge in [-0.1, -0.05) is 0 Å². The number of ether oxygens (including phenoxy) is 1. The van der Waals surface area contributed by atoms with Crippen LogP contribution in [0.5, 0.6) is 0 Å². The highest BCUT2D eigenvalue weighted by Gasteiger charge is 2.39. The standard InChI is InChI=1S/C10H19NO2.ClH/c1-9(2,3)13-8(12)10(4)6-5-7-11-10;/h11H,5-7H2,1-4H3;1H/t10-;/m1./s1. The summed E-state index contributed by atoms with van der Waals surface area (Å²) in [6.45, 7) is 8.50. The maximum atomic E-state index is 11.7. The summed E-state index contributed by atoms with van der Waals surface area (Å²) in [4.78, 5) is 11.7. The van der Waals surface area contributed by atoms with Crippen molar-refractivity contribution in [3.63, 3.8) is 0 Å². The highest BCUT2D eigenvalue weighted by molar-refractivity contribution is 5.85. The van der Waals surface area contributed by atoms with E-state index in [-0.39, 0.29) is 24.0 Å². The molecule has 4 heteroatoms. The van der Waals surface area contributed by atoms with E-state index in [0.717, 1.165) is 19.4 Å². The van der Waals surface area contributed by atoms with E-state index in [9.17, 15) is 4.79 Å². The zero-order valence-corrected chi connectivity index (χ0v) is 10.2. The molecule has 1 atom stereocenters. The van der Waals surface area contributed by atoms with Crippen LogP contribution in [-0.2, 0) is 9.53 Å². The van der Waals surface area contributed by atoms with Crippen LogP contribution in [0.3, 0.4) is 0 Å². The molecule has 0 aromatic heterocycles. The fourth-order valence-electron chi connectivity index (χ4n) is 1.46. The van der Waals surface area contributed by atoms with Gasteiger partial charge in [-0.3, -0.25) is 4.79 Å². The van der Waals surface area contributed by atoms with Gasteiger partial charge in [-0.25, -0.2) is 0 Å². The molecule has 0 amide bonds. The van der Waals surface area contributed by atoms with Crippen LogP contribution < -0.4 is 5.32 Å². The molecule has 1 fully saturated rings. The van der Waals surface area contributed by atoms with Crippen molar-refractivity contribution in [2.24, 2.45) is 0 Å². The van der Waals surface area contributed by atoms with Crippen molar-refractivity contribution in [3.8, 4) is 0 Å². The third kappa shape index (κ3) is 3.46. The predicted octanol–water partition coefficient (Wildman–Crippen LogP) is 1.89. The van der Waals surface area contributed by atoms with E-state index in [4.69, 9.17) is 4.74 Å². The number of hydrogen-bond acceptors (Lipinski definition) is 3. The molecular weight excluding hydrogens is 202 g/mol.